The molecule has 5 heteroatoms. The van der Waals surface area contributed by atoms with Crippen LogP contribution < -0.4 is 0 Å². The van der Waals surface area contributed by atoms with Gasteiger partial charge in [0.15, 0.2) is 0 Å². The van der Waals surface area contributed by atoms with Crippen molar-refractivity contribution in [3.63, 3.8) is 0 Å². The Morgan fingerprint density at radius 2 is 1.77 bits per heavy atom. The first-order valence-corrected chi connectivity index (χ1v) is 9.97. The molecule has 2 amide bonds. The summed E-state index contributed by atoms with van der Waals surface area (Å²) in [5, 5.41) is 0. The zero-order chi connectivity index (χ0) is 18.5. The molecule has 3 rings (SSSR count). The first kappa shape index (κ1) is 18.9. The molecule has 1 aromatic rings. The Morgan fingerprint density at radius 1 is 1.08 bits per heavy atom. The number of hydrogen-bond acceptors (Lipinski definition) is 3. The van der Waals surface area contributed by atoms with Gasteiger partial charge in [-0.25, -0.2) is 0 Å². The van der Waals surface area contributed by atoms with Crippen molar-refractivity contribution in [2.24, 2.45) is 0 Å². The third-order valence-corrected chi connectivity index (χ3v) is 5.61. The van der Waals surface area contributed by atoms with E-state index < -0.39 is 0 Å². The number of amides is 2. The molecule has 5 nitrogen and oxygen atoms in total. The molecule has 1 atom stereocenters. The minimum absolute atomic E-state index is 0.0136. The van der Waals surface area contributed by atoms with E-state index in [1.165, 1.54) is 31.5 Å². The molecule has 0 unspecified atom stereocenters. The van der Waals surface area contributed by atoms with E-state index in [4.69, 9.17) is 0 Å². The smallest absolute Gasteiger partial charge is 0.254 e. The molecular formula is C21H31N3O2. The Balaban J connectivity index is 1.68. The second kappa shape index (κ2) is 8.67. The molecule has 1 aromatic carbocycles. The van der Waals surface area contributed by atoms with Crippen molar-refractivity contribution >= 4 is 11.8 Å². The highest BCUT2D eigenvalue weighted by Crippen LogP contribution is 2.20. The van der Waals surface area contributed by atoms with Crippen molar-refractivity contribution in [3.8, 4) is 0 Å². The minimum Gasteiger partial charge on any atom is -0.342 e. The summed E-state index contributed by atoms with van der Waals surface area (Å²) in [6, 6.07) is 7.65. The molecule has 2 heterocycles. The van der Waals surface area contributed by atoms with Crippen LogP contribution in [0.1, 0.15) is 54.9 Å². The fourth-order valence-electron chi connectivity index (χ4n) is 3.95. The summed E-state index contributed by atoms with van der Waals surface area (Å²) in [5.74, 6) is 0.0592. The van der Waals surface area contributed by atoms with Gasteiger partial charge in [-0.3, -0.25) is 14.5 Å². The van der Waals surface area contributed by atoms with E-state index in [1.807, 2.05) is 19.2 Å². The molecule has 0 N–H and O–H groups in total. The first-order valence-electron chi connectivity index (χ1n) is 9.97. The van der Waals surface area contributed by atoms with Gasteiger partial charge in [-0.2, -0.15) is 0 Å². The van der Waals surface area contributed by atoms with Crippen LogP contribution in [0.4, 0.5) is 0 Å². The molecule has 0 bridgehead atoms. The van der Waals surface area contributed by atoms with Crippen molar-refractivity contribution in [1.29, 1.82) is 0 Å². The quantitative estimate of drug-likeness (QED) is 0.786. The van der Waals surface area contributed by atoms with E-state index in [1.54, 1.807) is 9.80 Å². The van der Waals surface area contributed by atoms with E-state index in [0.717, 1.165) is 25.8 Å². The fraction of sp³-hybridized carbons (Fsp3) is 0.619. The molecule has 142 valence electrons. The first-order chi connectivity index (χ1) is 12.6. The molecule has 0 aromatic heterocycles. The number of piperazine rings is 1. The van der Waals surface area contributed by atoms with Gasteiger partial charge in [0.25, 0.3) is 5.91 Å². The summed E-state index contributed by atoms with van der Waals surface area (Å²) in [5.41, 5.74) is 1.94. The lowest BCUT2D eigenvalue weighted by atomic mass is 10.0. The van der Waals surface area contributed by atoms with E-state index in [-0.39, 0.29) is 17.9 Å². The molecule has 0 aliphatic carbocycles. The molecule has 0 spiro atoms. The lowest BCUT2D eigenvalue weighted by Crippen LogP contribution is -2.57. The molecule has 2 aliphatic rings. The number of rotatable bonds is 6. The van der Waals surface area contributed by atoms with Gasteiger partial charge in [0, 0.05) is 32.2 Å². The van der Waals surface area contributed by atoms with Crippen LogP contribution in [-0.2, 0) is 11.3 Å². The zero-order valence-corrected chi connectivity index (χ0v) is 16.1. The minimum atomic E-state index is -0.314. The van der Waals surface area contributed by atoms with Crippen LogP contribution in [0, 0.1) is 0 Å². The van der Waals surface area contributed by atoms with Crippen LogP contribution >= 0.6 is 0 Å². The van der Waals surface area contributed by atoms with Crippen LogP contribution in [0.2, 0.25) is 0 Å². The Kier molecular flexibility index (Phi) is 6.30. The van der Waals surface area contributed by atoms with Gasteiger partial charge in [-0.05, 0) is 50.0 Å². The Morgan fingerprint density at radius 3 is 2.42 bits per heavy atom. The lowest BCUT2D eigenvalue weighted by Gasteiger charge is -2.39. The van der Waals surface area contributed by atoms with Crippen LogP contribution in [0.15, 0.2) is 24.3 Å². The van der Waals surface area contributed by atoms with E-state index >= 15 is 0 Å². The van der Waals surface area contributed by atoms with Crippen LogP contribution in [0.25, 0.3) is 0 Å². The van der Waals surface area contributed by atoms with Crippen LogP contribution in [0.3, 0.4) is 0 Å². The number of carbonyl (C=O) groups excluding carboxylic acids is 2. The lowest BCUT2D eigenvalue weighted by molar-refractivity contribution is -0.138. The van der Waals surface area contributed by atoms with Gasteiger partial charge in [-0.15, -0.1) is 0 Å². The maximum atomic E-state index is 13.0. The summed E-state index contributed by atoms with van der Waals surface area (Å²) in [4.78, 5) is 31.6. The standard InChI is InChI=1S/C21H31N3O2/c1-3-4-7-19-21(26)22(2)14-15-24(19)20(25)18-10-8-17(9-11-18)16-23-12-5-6-13-23/h8-11,19H,3-7,12-16H2,1-2H3/t19-/m1/s1. The zero-order valence-electron chi connectivity index (χ0n) is 16.1. The highest BCUT2D eigenvalue weighted by atomic mass is 16.2. The number of hydrogen-bond donors (Lipinski definition) is 0. The van der Waals surface area contributed by atoms with Crippen LogP contribution in [0.5, 0.6) is 0 Å². The van der Waals surface area contributed by atoms with Gasteiger partial charge in [0.1, 0.15) is 6.04 Å². The third-order valence-electron chi connectivity index (χ3n) is 5.61. The Hall–Kier alpha value is -1.88. The van der Waals surface area contributed by atoms with Gasteiger partial charge >= 0.3 is 0 Å². The number of unbranched alkanes of at least 4 members (excludes halogenated alkanes) is 1. The molecule has 2 fully saturated rings. The van der Waals surface area contributed by atoms with E-state index in [0.29, 0.717) is 18.7 Å². The highest BCUT2D eigenvalue weighted by molar-refractivity contribution is 5.98. The number of likely N-dealkylation sites (N-methyl/N-ethyl adjacent to an activating group) is 1. The maximum Gasteiger partial charge on any atom is 0.254 e. The second-order valence-electron chi connectivity index (χ2n) is 7.60. The SMILES string of the molecule is CCCC[C@@H]1C(=O)N(C)CCN1C(=O)c1ccc(CN2CCCC2)cc1. The number of carbonyl (C=O) groups is 2. The van der Waals surface area contributed by atoms with E-state index in [9.17, 15) is 9.59 Å². The third kappa shape index (κ3) is 4.26. The van der Waals surface area contributed by atoms with Crippen molar-refractivity contribution in [2.45, 2.75) is 51.6 Å². The molecule has 0 saturated carbocycles. The van der Waals surface area contributed by atoms with Gasteiger partial charge in [-0.1, -0.05) is 31.9 Å². The number of likely N-dealkylation sites (tertiary alicyclic amines) is 1. The largest absolute Gasteiger partial charge is 0.342 e. The summed E-state index contributed by atoms with van der Waals surface area (Å²) < 4.78 is 0. The topological polar surface area (TPSA) is 43.9 Å². The molecule has 2 aliphatic heterocycles. The summed E-state index contributed by atoms with van der Waals surface area (Å²) in [6.07, 6.45) is 5.31. The monoisotopic (exact) mass is 357 g/mol. The summed E-state index contributed by atoms with van der Waals surface area (Å²) >= 11 is 0. The van der Waals surface area contributed by atoms with Gasteiger partial charge < -0.3 is 9.80 Å². The highest BCUT2D eigenvalue weighted by Gasteiger charge is 2.35. The van der Waals surface area contributed by atoms with Gasteiger partial charge in [0.05, 0.1) is 0 Å². The average Bonchev–Trinajstić information content (AvgIpc) is 3.16. The van der Waals surface area contributed by atoms with Crippen molar-refractivity contribution < 1.29 is 9.59 Å². The predicted molar refractivity (Wildman–Crippen MR) is 103 cm³/mol. The molecule has 26 heavy (non-hydrogen) atoms. The molecule has 0 radical (unpaired) electrons. The van der Waals surface area contributed by atoms with Crippen molar-refractivity contribution in [3.05, 3.63) is 35.4 Å². The number of nitrogens with zero attached hydrogens (tertiary/aromatic N) is 3. The molecular weight excluding hydrogens is 326 g/mol. The Bertz CT molecular complexity index is 623. The maximum absolute atomic E-state index is 13.0. The summed E-state index contributed by atoms with van der Waals surface area (Å²) in [7, 11) is 1.83. The normalized spacial score (nSPS) is 21.5. The molecule has 2 saturated heterocycles. The Labute approximate surface area is 156 Å². The fourth-order valence-corrected chi connectivity index (χ4v) is 3.95. The van der Waals surface area contributed by atoms with E-state index in [2.05, 4.69) is 24.0 Å². The second-order valence-corrected chi connectivity index (χ2v) is 7.60. The number of benzene rings is 1. The van der Waals surface area contributed by atoms with Crippen molar-refractivity contribution in [1.82, 2.24) is 14.7 Å². The van der Waals surface area contributed by atoms with Crippen LogP contribution in [-0.4, -0.2) is 65.8 Å². The van der Waals surface area contributed by atoms with Gasteiger partial charge in [0.2, 0.25) is 5.91 Å². The predicted octanol–water partition coefficient (Wildman–Crippen LogP) is 2.76. The summed E-state index contributed by atoms with van der Waals surface area (Å²) in [6.45, 7) is 6.64. The van der Waals surface area contributed by atoms with Crippen molar-refractivity contribution in [2.75, 3.05) is 33.2 Å². The average molecular weight is 357 g/mol.